The SMILES string of the molecule is CCCCN(C(C)CC)C1(CN)CCCN(C(C)C)CC1. The third kappa shape index (κ3) is 4.94. The van der Waals surface area contributed by atoms with Crippen LogP contribution in [0.2, 0.25) is 0 Å². The molecule has 3 nitrogen and oxygen atoms in total. The van der Waals surface area contributed by atoms with E-state index in [9.17, 15) is 0 Å². The van der Waals surface area contributed by atoms with Gasteiger partial charge in [-0.05, 0) is 66.0 Å². The lowest BCUT2D eigenvalue weighted by Gasteiger charge is -2.46. The zero-order chi connectivity index (χ0) is 15.9. The predicted octanol–water partition coefficient (Wildman–Crippen LogP) is 3.48. The molecule has 0 aliphatic carbocycles. The highest BCUT2D eigenvalue weighted by atomic mass is 15.2. The maximum atomic E-state index is 6.33. The van der Waals surface area contributed by atoms with E-state index in [1.165, 1.54) is 58.2 Å². The monoisotopic (exact) mass is 297 g/mol. The average molecular weight is 298 g/mol. The van der Waals surface area contributed by atoms with Crippen LogP contribution < -0.4 is 5.73 Å². The van der Waals surface area contributed by atoms with Crippen LogP contribution in [0.5, 0.6) is 0 Å². The molecule has 3 heteroatoms. The molecule has 0 bridgehead atoms. The second-order valence-electron chi connectivity index (χ2n) is 7.22. The zero-order valence-corrected chi connectivity index (χ0v) is 15.2. The highest BCUT2D eigenvalue weighted by Gasteiger charge is 2.38. The summed E-state index contributed by atoms with van der Waals surface area (Å²) in [6, 6.07) is 1.30. The smallest absolute Gasteiger partial charge is 0.0347 e. The van der Waals surface area contributed by atoms with Gasteiger partial charge < -0.3 is 10.6 Å². The van der Waals surface area contributed by atoms with Crippen LogP contribution in [0.1, 0.15) is 73.1 Å². The lowest BCUT2D eigenvalue weighted by atomic mass is 9.86. The Balaban J connectivity index is 2.87. The molecule has 0 saturated carbocycles. The molecule has 2 atom stereocenters. The zero-order valence-electron chi connectivity index (χ0n) is 15.2. The van der Waals surface area contributed by atoms with Gasteiger partial charge in [0.25, 0.3) is 0 Å². The molecule has 0 radical (unpaired) electrons. The van der Waals surface area contributed by atoms with Crippen molar-refractivity contribution in [2.45, 2.75) is 90.8 Å². The van der Waals surface area contributed by atoms with Gasteiger partial charge in [-0.2, -0.15) is 0 Å². The molecule has 0 aromatic heterocycles. The van der Waals surface area contributed by atoms with Crippen LogP contribution in [0.3, 0.4) is 0 Å². The molecule has 1 aliphatic heterocycles. The van der Waals surface area contributed by atoms with E-state index in [0.29, 0.717) is 12.1 Å². The molecular formula is C18H39N3. The summed E-state index contributed by atoms with van der Waals surface area (Å²) in [5.74, 6) is 0. The summed E-state index contributed by atoms with van der Waals surface area (Å²) in [7, 11) is 0. The third-order valence-corrected chi connectivity index (χ3v) is 5.55. The molecule has 1 aliphatic rings. The number of unbranched alkanes of at least 4 members (excludes halogenated alkanes) is 1. The summed E-state index contributed by atoms with van der Waals surface area (Å²) in [5, 5.41) is 0. The number of likely N-dealkylation sites (tertiary alicyclic amines) is 1. The summed E-state index contributed by atoms with van der Waals surface area (Å²) in [6.45, 7) is 16.1. The maximum Gasteiger partial charge on any atom is 0.0347 e. The quantitative estimate of drug-likeness (QED) is 0.744. The van der Waals surface area contributed by atoms with Crippen LogP contribution in [-0.4, -0.2) is 53.6 Å². The summed E-state index contributed by atoms with van der Waals surface area (Å²) in [4.78, 5) is 5.40. The summed E-state index contributed by atoms with van der Waals surface area (Å²) in [5.41, 5.74) is 6.56. The fraction of sp³-hybridized carbons (Fsp3) is 1.00. The second-order valence-corrected chi connectivity index (χ2v) is 7.22. The highest BCUT2D eigenvalue weighted by Crippen LogP contribution is 2.31. The summed E-state index contributed by atoms with van der Waals surface area (Å²) < 4.78 is 0. The van der Waals surface area contributed by atoms with Crippen molar-refractivity contribution in [2.24, 2.45) is 5.73 Å². The highest BCUT2D eigenvalue weighted by molar-refractivity contribution is 4.96. The van der Waals surface area contributed by atoms with Crippen LogP contribution in [0.25, 0.3) is 0 Å². The van der Waals surface area contributed by atoms with Crippen molar-refractivity contribution in [3.05, 3.63) is 0 Å². The van der Waals surface area contributed by atoms with E-state index in [0.717, 1.165) is 6.54 Å². The van der Waals surface area contributed by atoms with Gasteiger partial charge in [-0.3, -0.25) is 4.90 Å². The predicted molar refractivity (Wildman–Crippen MR) is 93.7 cm³/mol. The molecule has 0 aromatic rings. The molecule has 1 rings (SSSR count). The van der Waals surface area contributed by atoms with Crippen molar-refractivity contribution in [3.8, 4) is 0 Å². The van der Waals surface area contributed by atoms with Gasteiger partial charge in [-0.15, -0.1) is 0 Å². The lowest BCUT2D eigenvalue weighted by molar-refractivity contribution is 0.0376. The van der Waals surface area contributed by atoms with Crippen LogP contribution in [0.4, 0.5) is 0 Å². The molecule has 2 unspecified atom stereocenters. The van der Waals surface area contributed by atoms with Crippen molar-refractivity contribution in [1.82, 2.24) is 9.80 Å². The Bertz CT molecular complexity index is 280. The Labute approximate surface area is 133 Å². The summed E-state index contributed by atoms with van der Waals surface area (Å²) >= 11 is 0. The number of hydrogen-bond donors (Lipinski definition) is 1. The molecule has 0 spiro atoms. The number of nitrogens with zero attached hydrogens (tertiary/aromatic N) is 2. The van der Waals surface area contributed by atoms with Crippen LogP contribution in [0, 0.1) is 0 Å². The molecule has 126 valence electrons. The van der Waals surface area contributed by atoms with E-state index in [4.69, 9.17) is 5.73 Å². The van der Waals surface area contributed by atoms with E-state index < -0.39 is 0 Å². The minimum atomic E-state index is 0.230. The second kappa shape index (κ2) is 9.12. The molecule has 1 fully saturated rings. The minimum absolute atomic E-state index is 0.230. The third-order valence-electron chi connectivity index (χ3n) is 5.55. The largest absolute Gasteiger partial charge is 0.329 e. The van der Waals surface area contributed by atoms with E-state index >= 15 is 0 Å². The van der Waals surface area contributed by atoms with Gasteiger partial charge >= 0.3 is 0 Å². The minimum Gasteiger partial charge on any atom is -0.329 e. The Morgan fingerprint density at radius 1 is 1.14 bits per heavy atom. The Morgan fingerprint density at radius 3 is 2.38 bits per heavy atom. The molecule has 2 N–H and O–H groups in total. The number of nitrogens with two attached hydrogens (primary N) is 1. The van der Waals surface area contributed by atoms with Crippen LogP contribution in [0.15, 0.2) is 0 Å². The first-order valence-corrected chi connectivity index (χ1v) is 9.21. The fourth-order valence-electron chi connectivity index (χ4n) is 3.80. The first-order valence-electron chi connectivity index (χ1n) is 9.21. The normalized spacial score (nSPS) is 26.3. The van der Waals surface area contributed by atoms with Crippen molar-refractivity contribution in [2.75, 3.05) is 26.2 Å². The number of rotatable bonds is 8. The Kier molecular flexibility index (Phi) is 8.22. The lowest BCUT2D eigenvalue weighted by Crippen LogP contribution is -2.57. The van der Waals surface area contributed by atoms with Gasteiger partial charge in [0, 0.05) is 30.7 Å². The van der Waals surface area contributed by atoms with Gasteiger partial charge in [0.2, 0.25) is 0 Å². The van der Waals surface area contributed by atoms with E-state index in [1.807, 2.05) is 0 Å². The Hall–Kier alpha value is -0.120. The van der Waals surface area contributed by atoms with E-state index in [2.05, 4.69) is 44.4 Å². The first kappa shape index (κ1) is 18.9. The van der Waals surface area contributed by atoms with E-state index in [-0.39, 0.29) is 5.54 Å². The van der Waals surface area contributed by atoms with Crippen molar-refractivity contribution in [3.63, 3.8) is 0 Å². The van der Waals surface area contributed by atoms with Crippen molar-refractivity contribution < 1.29 is 0 Å². The molecule has 1 heterocycles. The van der Waals surface area contributed by atoms with Gasteiger partial charge in [0.1, 0.15) is 0 Å². The first-order chi connectivity index (χ1) is 10.0. The van der Waals surface area contributed by atoms with Gasteiger partial charge in [-0.25, -0.2) is 0 Å². The molecular weight excluding hydrogens is 258 g/mol. The van der Waals surface area contributed by atoms with Gasteiger partial charge in [0.15, 0.2) is 0 Å². The molecule has 21 heavy (non-hydrogen) atoms. The molecule has 1 saturated heterocycles. The Morgan fingerprint density at radius 2 is 1.86 bits per heavy atom. The standard InChI is InChI=1S/C18H39N3/c1-6-8-13-21(17(5)7-2)18(15-19)10-9-12-20(14-11-18)16(3)4/h16-17H,6-15,19H2,1-5H3. The van der Waals surface area contributed by atoms with Gasteiger partial charge in [-0.1, -0.05) is 20.3 Å². The number of hydrogen-bond acceptors (Lipinski definition) is 3. The maximum absolute atomic E-state index is 6.33. The van der Waals surface area contributed by atoms with Crippen molar-refractivity contribution in [1.29, 1.82) is 0 Å². The molecule has 0 amide bonds. The van der Waals surface area contributed by atoms with Crippen LogP contribution in [-0.2, 0) is 0 Å². The van der Waals surface area contributed by atoms with Gasteiger partial charge in [0.05, 0.1) is 0 Å². The molecule has 0 aromatic carbocycles. The topological polar surface area (TPSA) is 32.5 Å². The van der Waals surface area contributed by atoms with E-state index in [1.54, 1.807) is 0 Å². The summed E-state index contributed by atoms with van der Waals surface area (Å²) in [6.07, 6.45) is 7.57. The van der Waals surface area contributed by atoms with Crippen molar-refractivity contribution >= 4 is 0 Å². The fourth-order valence-corrected chi connectivity index (χ4v) is 3.80. The van der Waals surface area contributed by atoms with Crippen LogP contribution >= 0.6 is 0 Å². The average Bonchev–Trinajstić information content (AvgIpc) is 2.71.